The summed E-state index contributed by atoms with van der Waals surface area (Å²) in [5, 5.41) is 3.20. The van der Waals surface area contributed by atoms with Gasteiger partial charge in [-0.2, -0.15) is 0 Å². The number of rotatable bonds is 4. The standard InChI is InChI=1S/C19H28FN3O/c1-15-2-6-17(7-3-15)21-19(24)14-22-10-12-23(13-11-22)18-8-4-16(20)5-9-18/h4-5,8-9,15,17H,2-3,6-7,10-14H2,1H3,(H,21,24). The van der Waals surface area contributed by atoms with Gasteiger partial charge in [-0.15, -0.1) is 0 Å². The van der Waals surface area contributed by atoms with Crippen LogP contribution in [-0.2, 0) is 4.79 Å². The van der Waals surface area contributed by atoms with Crippen LogP contribution in [0.15, 0.2) is 24.3 Å². The molecule has 3 rings (SSSR count). The van der Waals surface area contributed by atoms with Crippen LogP contribution in [0.5, 0.6) is 0 Å². The van der Waals surface area contributed by atoms with Gasteiger partial charge in [0.05, 0.1) is 6.54 Å². The van der Waals surface area contributed by atoms with Crippen molar-refractivity contribution in [3.63, 3.8) is 0 Å². The van der Waals surface area contributed by atoms with E-state index < -0.39 is 0 Å². The van der Waals surface area contributed by atoms with Crippen LogP contribution >= 0.6 is 0 Å². The lowest BCUT2D eigenvalue weighted by Gasteiger charge is -2.36. The molecule has 1 saturated carbocycles. The molecule has 1 aliphatic heterocycles. The van der Waals surface area contributed by atoms with Gasteiger partial charge in [0.15, 0.2) is 0 Å². The molecule has 132 valence electrons. The minimum absolute atomic E-state index is 0.157. The number of anilines is 1. The number of hydrogen-bond acceptors (Lipinski definition) is 3. The van der Waals surface area contributed by atoms with E-state index >= 15 is 0 Å². The van der Waals surface area contributed by atoms with Gasteiger partial charge >= 0.3 is 0 Å². The number of halogens is 1. The predicted octanol–water partition coefficient (Wildman–Crippen LogP) is 2.64. The zero-order valence-electron chi connectivity index (χ0n) is 14.5. The van der Waals surface area contributed by atoms with Crippen molar-refractivity contribution in [3.05, 3.63) is 30.1 Å². The first-order valence-electron chi connectivity index (χ1n) is 9.12. The summed E-state index contributed by atoms with van der Waals surface area (Å²) >= 11 is 0. The molecule has 0 bridgehead atoms. The van der Waals surface area contributed by atoms with E-state index in [9.17, 15) is 9.18 Å². The van der Waals surface area contributed by atoms with Crippen LogP contribution in [0.2, 0.25) is 0 Å². The fourth-order valence-electron chi connectivity index (χ4n) is 3.70. The van der Waals surface area contributed by atoms with E-state index in [4.69, 9.17) is 0 Å². The van der Waals surface area contributed by atoms with Crippen LogP contribution in [0.25, 0.3) is 0 Å². The van der Waals surface area contributed by atoms with Crippen molar-refractivity contribution in [1.29, 1.82) is 0 Å². The Labute approximate surface area is 144 Å². The normalized spacial score (nSPS) is 25.5. The summed E-state index contributed by atoms with van der Waals surface area (Å²) in [7, 11) is 0. The van der Waals surface area contributed by atoms with Gasteiger partial charge < -0.3 is 10.2 Å². The Morgan fingerprint density at radius 1 is 1.08 bits per heavy atom. The number of amides is 1. The second-order valence-electron chi connectivity index (χ2n) is 7.26. The highest BCUT2D eigenvalue weighted by Gasteiger charge is 2.22. The summed E-state index contributed by atoms with van der Waals surface area (Å²) in [4.78, 5) is 16.7. The van der Waals surface area contributed by atoms with Crippen LogP contribution < -0.4 is 10.2 Å². The van der Waals surface area contributed by atoms with Crippen molar-refractivity contribution in [1.82, 2.24) is 10.2 Å². The number of nitrogens with one attached hydrogen (secondary N) is 1. The lowest BCUT2D eigenvalue weighted by atomic mass is 9.87. The maximum absolute atomic E-state index is 13.0. The third kappa shape index (κ3) is 4.69. The van der Waals surface area contributed by atoms with Crippen molar-refractivity contribution in [2.75, 3.05) is 37.6 Å². The molecule has 0 atom stereocenters. The molecule has 1 heterocycles. The maximum atomic E-state index is 13.0. The number of nitrogens with zero attached hydrogens (tertiary/aromatic N) is 2. The quantitative estimate of drug-likeness (QED) is 0.920. The van der Waals surface area contributed by atoms with E-state index in [1.165, 1.54) is 25.0 Å². The average Bonchev–Trinajstić information content (AvgIpc) is 2.58. The number of carbonyl (C=O) groups is 1. The van der Waals surface area contributed by atoms with Crippen molar-refractivity contribution in [3.8, 4) is 0 Å². The van der Waals surface area contributed by atoms with Crippen LogP contribution in [0.4, 0.5) is 10.1 Å². The maximum Gasteiger partial charge on any atom is 0.234 e. The molecular weight excluding hydrogens is 305 g/mol. The number of piperazine rings is 1. The van der Waals surface area contributed by atoms with E-state index in [0.29, 0.717) is 12.6 Å². The van der Waals surface area contributed by atoms with Crippen LogP contribution in [-0.4, -0.2) is 49.6 Å². The number of carbonyl (C=O) groups excluding carboxylic acids is 1. The Balaban J connectivity index is 1.40. The Morgan fingerprint density at radius 2 is 1.71 bits per heavy atom. The van der Waals surface area contributed by atoms with Crippen LogP contribution in [0.3, 0.4) is 0 Å². The van der Waals surface area contributed by atoms with Gasteiger partial charge in [-0.05, 0) is 55.9 Å². The zero-order valence-corrected chi connectivity index (χ0v) is 14.5. The number of hydrogen-bond donors (Lipinski definition) is 1. The summed E-state index contributed by atoms with van der Waals surface area (Å²) in [6, 6.07) is 7.01. The van der Waals surface area contributed by atoms with Crippen molar-refractivity contribution < 1.29 is 9.18 Å². The molecule has 0 radical (unpaired) electrons. The second-order valence-corrected chi connectivity index (χ2v) is 7.26. The summed E-state index contributed by atoms with van der Waals surface area (Å²) in [5.74, 6) is 0.758. The SMILES string of the molecule is CC1CCC(NC(=O)CN2CCN(c3ccc(F)cc3)CC2)CC1. The van der Waals surface area contributed by atoms with Crippen LogP contribution in [0, 0.1) is 11.7 Å². The molecule has 5 heteroatoms. The Kier molecular flexibility index (Phi) is 5.72. The molecule has 4 nitrogen and oxygen atoms in total. The lowest BCUT2D eigenvalue weighted by Crippen LogP contribution is -2.50. The van der Waals surface area contributed by atoms with E-state index in [1.807, 2.05) is 12.1 Å². The minimum atomic E-state index is -0.203. The first-order chi connectivity index (χ1) is 11.6. The van der Waals surface area contributed by atoms with Gasteiger partial charge in [-0.3, -0.25) is 9.69 Å². The van der Waals surface area contributed by atoms with E-state index in [-0.39, 0.29) is 11.7 Å². The Morgan fingerprint density at radius 3 is 2.33 bits per heavy atom. The fourth-order valence-corrected chi connectivity index (χ4v) is 3.70. The monoisotopic (exact) mass is 333 g/mol. The zero-order chi connectivity index (χ0) is 16.9. The summed E-state index contributed by atoms with van der Waals surface area (Å²) < 4.78 is 13.0. The average molecular weight is 333 g/mol. The number of benzene rings is 1. The highest BCUT2D eigenvalue weighted by atomic mass is 19.1. The smallest absolute Gasteiger partial charge is 0.234 e. The predicted molar refractivity (Wildman–Crippen MR) is 94.6 cm³/mol. The molecule has 1 aliphatic carbocycles. The third-order valence-corrected chi connectivity index (χ3v) is 5.31. The second kappa shape index (κ2) is 7.97. The largest absolute Gasteiger partial charge is 0.369 e. The first kappa shape index (κ1) is 17.2. The molecule has 2 aliphatic rings. The molecule has 1 N–H and O–H groups in total. The van der Waals surface area contributed by atoms with Crippen molar-refractivity contribution >= 4 is 11.6 Å². The van der Waals surface area contributed by atoms with Gasteiger partial charge in [0.25, 0.3) is 0 Å². The topological polar surface area (TPSA) is 35.6 Å². The van der Waals surface area contributed by atoms with Crippen molar-refractivity contribution in [2.24, 2.45) is 5.92 Å². The van der Waals surface area contributed by atoms with Gasteiger partial charge in [0, 0.05) is 37.9 Å². The van der Waals surface area contributed by atoms with E-state index in [0.717, 1.165) is 50.6 Å². The molecule has 1 aromatic rings. The van der Waals surface area contributed by atoms with E-state index in [2.05, 4.69) is 22.0 Å². The summed E-state index contributed by atoms with van der Waals surface area (Å²) in [5.41, 5.74) is 1.05. The molecule has 1 aromatic carbocycles. The molecule has 2 fully saturated rings. The Bertz CT molecular complexity index is 532. The van der Waals surface area contributed by atoms with Crippen molar-refractivity contribution in [2.45, 2.75) is 38.6 Å². The van der Waals surface area contributed by atoms with Gasteiger partial charge in [0.2, 0.25) is 5.91 Å². The fraction of sp³-hybridized carbons (Fsp3) is 0.632. The first-order valence-corrected chi connectivity index (χ1v) is 9.12. The lowest BCUT2D eigenvalue weighted by molar-refractivity contribution is -0.123. The molecule has 24 heavy (non-hydrogen) atoms. The molecule has 0 spiro atoms. The third-order valence-electron chi connectivity index (χ3n) is 5.31. The Hall–Kier alpha value is -1.62. The molecule has 1 amide bonds. The molecule has 0 unspecified atom stereocenters. The minimum Gasteiger partial charge on any atom is -0.369 e. The van der Waals surface area contributed by atoms with Crippen LogP contribution in [0.1, 0.15) is 32.6 Å². The van der Waals surface area contributed by atoms with E-state index in [1.54, 1.807) is 0 Å². The highest BCUT2D eigenvalue weighted by molar-refractivity contribution is 5.78. The molecule has 0 aromatic heterocycles. The highest BCUT2D eigenvalue weighted by Crippen LogP contribution is 2.23. The summed E-state index contributed by atoms with van der Waals surface area (Å²) in [6.07, 6.45) is 4.68. The summed E-state index contributed by atoms with van der Waals surface area (Å²) in [6.45, 7) is 6.26. The van der Waals surface area contributed by atoms with Gasteiger partial charge in [-0.1, -0.05) is 6.92 Å². The molecule has 1 saturated heterocycles. The van der Waals surface area contributed by atoms with Gasteiger partial charge in [-0.25, -0.2) is 4.39 Å². The molecular formula is C19H28FN3O. The van der Waals surface area contributed by atoms with Gasteiger partial charge in [0.1, 0.15) is 5.82 Å².